The van der Waals surface area contributed by atoms with E-state index >= 15 is 0 Å². The Hall–Kier alpha value is -1.15. The van der Waals surface area contributed by atoms with Gasteiger partial charge >= 0.3 is 0 Å². The molecule has 4 heteroatoms. The van der Waals surface area contributed by atoms with Crippen molar-refractivity contribution in [3.63, 3.8) is 0 Å². The Bertz CT molecular complexity index is 593. The standard InChI is InChI=1S/C16H16BrO2P/c1-13(18)16(17)12-20(19,14-8-4-2-5-9-14)15-10-6-3-7-11-15/h2-13,18H,1H3/b16-12+. The first-order valence-corrected chi connectivity index (χ1v) is 8.88. The molecule has 0 aromatic heterocycles. The van der Waals surface area contributed by atoms with Crippen LogP contribution in [-0.4, -0.2) is 11.2 Å². The van der Waals surface area contributed by atoms with Crippen molar-refractivity contribution < 1.29 is 9.67 Å². The third-order valence-corrected chi connectivity index (χ3v) is 7.00. The van der Waals surface area contributed by atoms with Gasteiger partial charge in [-0.2, -0.15) is 0 Å². The van der Waals surface area contributed by atoms with Crippen LogP contribution in [0.5, 0.6) is 0 Å². The SMILES string of the molecule is CC(O)/C(Br)=C\P(=O)(c1ccccc1)c1ccccc1. The summed E-state index contributed by atoms with van der Waals surface area (Å²) in [6.45, 7) is 1.64. The molecule has 2 nitrogen and oxygen atoms in total. The highest BCUT2D eigenvalue weighted by atomic mass is 79.9. The van der Waals surface area contributed by atoms with Crippen LogP contribution >= 0.6 is 23.1 Å². The Balaban J connectivity index is 2.62. The van der Waals surface area contributed by atoms with Crippen LogP contribution in [0.3, 0.4) is 0 Å². The van der Waals surface area contributed by atoms with E-state index in [-0.39, 0.29) is 0 Å². The molecule has 0 spiro atoms. The lowest BCUT2D eigenvalue weighted by atomic mass is 10.4. The molecule has 1 unspecified atom stereocenters. The molecule has 0 aliphatic rings. The first-order valence-electron chi connectivity index (χ1n) is 6.31. The molecule has 0 saturated heterocycles. The van der Waals surface area contributed by atoms with Crippen molar-refractivity contribution >= 4 is 33.7 Å². The first kappa shape index (κ1) is 15.2. The summed E-state index contributed by atoms with van der Waals surface area (Å²) in [6, 6.07) is 18.7. The highest BCUT2D eigenvalue weighted by Gasteiger charge is 2.25. The summed E-state index contributed by atoms with van der Waals surface area (Å²) in [5.74, 6) is 1.64. The Labute approximate surface area is 127 Å². The van der Waals surface area contributed by atoms with Crippen molar-refractivity contribution in [1.29, 1.82) is 0 Å². The molecule has 104 valence electrons. The summed E-state index contributed by atoms with van der Waals surface area (Å²) >= 11 is 3.31. The van der Waals surface area contributed by atoms with Gasteiger partial charge in [0.1, 0.15) is 0 Å². The van der Waals surface area contributed by atoms with Gasteiger partial charge in [0.25, 0.3) is 0 Å². The zero-order valence-corrected chi connectivity index (χ0v) is 13.6. The second-order valence-electron chi connectivity index (χ2n) is 4.52. The molecular formula is C16H16BrO2P. The fraction of sp³-hybridized carbons (Fsp3) is 0.125. The average Bonchev–Trinajstić information content (AvgIpc) is 2.48. The number of benzene rings is 2. The topological polar surface area (TPSA) is 37.3 Å². The molecule has 0 amide bonds. The minimum absolute atomic E-state index is 0.536. The highest BCUT2D eigenvalue weighted by molar-refractivity contribution is 9.11. The summed E-state index contributed by atoms with van der Waals surface area (Å²) in [6.07, 6.45) is -0.684. The maximum Gasteiger partial charge on any atom is 0.165 e. The van der Waals surface area contributed by atoms with Crippen LogP contribution in [-0.2, 0) is 4.57 Å². The molecule has 2 aromatic carbocycles. The van der Waals surface area contributed by atoms with Gasteiger partial charge in [-0.05, 0) is 12.7 Å². The summed E-state index contributed by atoms with van der Waals surface area (Å²) in [4.78, 5) is 0. The molecule has 0 heterocycles. The smallest absolute Gasteiger partial charge is 0.165 e. The van der Waals surface area contributed by atoms with Gasteiger partial charge in [-0.1, -0.05) is 76.6 Å². The third-order valence-electron chi connectivity index (χ3n) is 2.98. The van der Waals surface area contributed by atoms with E-state index in [1.165, 1.54) is 0 Å². The molecule has 2 rings (SSSR count). The lowest BCUT2D eigenvalue weighted by Crippen LogP contribution is -2.15. The summed E-state index contributed by atoms with van der Waals surface area (Å²) in [7, 11) is -2.90. The van der Waals surface area contributed by atoms with Gasteiger partial charge in [-0.3, -0.25) is 0 Å². The Morgan fingerprint density at radius 3 is 1.80 bits per heavy atom. The van der Waals surface area contributed by atoms with Gasteiger partial charge < -0.3 is 9.67 Å². The van der Waals surface area contributed by atoms with Crippen molar-refractivity contribution in [3.8, 4) is 0 Å². The largest absolute Gasteiger partial charge is 0.388 e. The molecule has 20 heavy (non-hydrogen) atoms. The van der Waals surface area contributed by atoms with E-state index in [1.54, 1.807) is 12.7 Å². The van der Waals surface area contributed by atoms with Crippen LogP contribution in [0.4, 0.5) is 0 Å². The number of hydrogen-bond acceptors (Lipinski definition) is 2. The van der Waals surface area contributed by atoms with Crippen molar-refractivity contribution in [2.24, 2.45) is 0 Å². The summed E-state index contributed by atoms with van der Waals surface area (Å²) in [5, 5.41) is 11.1. The van der Waals surface area contributed by atoms with Crippen LogP contribution in [0.2, 0.25) is 0 Å². The Morgan fingerprint density at radius 2 is 1.45 bits per heavy atom. The van der Waals surface area contributed by atoms with Gasteiger partial charge in [-0.15, -0.1) is 0 Å². The molecule has 0 saturated carbocycles. The van der Waals surface area contributed by atoms with Gasteiger partial charge in [-0.25, -0.2) is 0 Å². The van der Waals surface area contributed by atoms with E-state index in [9.17, 15) is 9.67 Å². The number of rotatable bonds is 4. The zero-order valence-electron chi connectivity index (χ0n) is 11.1. The molecule has 0 bridgehead atoms. The average molecular weight is 351 g/mol. The monoisotopic (exact) mass is 350 g/mol. The Kier molecular flexibility index (Phi) is 4.98. The number of halogens is 1. The molecular weight excluding hydrogens is 335 g/mol. The van der Waals surface area contributed by atoms with Crippen molar-refractivity contribution in [2.45, 2.75) is 13.0 Å². The number of hydrogen-bond donors (Lipinski definition) is 1. The number of aliphatic hydroxyl groups is 1. The maximum atomic E-state index is 13.5. The van der Waals surface area contributed by atoms with Gasteiger partial charge in [0.2, 0.25) is 0 Å². The Morgan fingerprint density at radius 1 is 1.05 bits per heavy atom. The molecule has 0 radical (unpaired) electrons. The minimum atomic E-state index is -2.90. The molecule has 0 fully saturated rings. The predicted molar refractivity (Wildman–Crippen MR) is 88.4 cm³/mol. The van der Waals surface area contributed by atoms with Crippen molar-refractivity contribution in [2.75, 3.05) is 0 Å². The third kappa shape index (κ3) is 3.29. The van der Waals surface area contributed by atoms with E-state index in [1.807, 2.05) is 60.7 Å². The normalized spacial score (nSPS) is 14.1. The van der Waals surface area contributed by atoms with Crippen LogP contribution in [0.25, 0.3) is 0 Å². The van der Waals surface area contributed by atoms with Crippen LogP contribution in [0, 0.1) is 0 Å². The van der Waals surface area contributed by atoms with Crippen LogP contribution < -0.4 is 10.6 Å². The van der Waals surface area contributed by atoms with Gasteiger partial charge in [0.05, 0.1) is 6.10 Å². The molecule has 1 N–H and O–H groups in total. The van der Waals surface area contributed by atoms with Gasteiger partial charge in [0, 0.05) is 15.1 Å². The summed E-state index contributed by atoms with van der Waals surface area (Å²) < 4.78 is 14.0. The van der Waals surface area contributed by atoms with E-state index in [0.717, 1.165) is 10.6 Å². The maximum absolute atomic E-state index is 13.5. The lowest BCUT2D eigenvalue weighted by molar-refractivity contribution is 0.241. The fourth-order valence-electron chi connectivity index (χ4n) is 1.88. The second kappa shape index (κ2) is 6.53. The van der Waals surface area contributed by atoms with Crippen LogP contribution in [0.15, 0.2) is 71.0 Å². The number of aliphatic hydroxyl groups excluding tert-OH is 1. The van der Waals surface area contributed by atoms with E-state index in [0.29, 0.717) is 4.48 Å². The highest BCUT2D eigenvalue weighted by Crippen LogP contribution is 2.47. The predicted octanol–water partition coefficient (Wildman–Crippen LogP) is 3.62. The van der Waals surface area contributed by atoms with Gasteiger partial charge in [0.15, 0.2) is 7.14 Å². The lowest BCUT2D eigenvalue weighted by Gasteiger charge is -2.17. The van der Waals surface area contributed by atoms with E-state index in [2.05, 4.69) is 15.9 Å². The minimum Gasteiger partial charge on any atom is -0.388 e. The summed E-state index contributed by atoms with van der Waals surface area (Å²) in [5.41, 5.74) is 0. The molecule has 0 aliphatic heterocycles. The molecule has 2 aromatic rings. The first-order chi connectivity index (χ1) is 9.54. The fourth-order valence-corrected chi connectivity index (χ4v) is 5.13. The van der Waals surface area contributed by atoms with E-state index < -0.39 is 13.2 Å². The van der Waals surface area contributed by atoms with E-state index in [4.69, 9.17) is 0 Å². The van der Waals surface area contributed by atoms with Crippen molar-refractivity contribution in [3.05, 3.63) is 71.0 Å². The second-order valence-corrected chi connectivity index (χ2v) is 8.04. The quantitative estimate of drug-likeness (QED) is 0.855. The molecule has 0 aliphatic carbocycles. The zero-order chi connectivity index (χ0) is 14.6. The molecule has 1 atom stereocenters. The van der Waals surface area contributed by atoms with Crippen molar-refractivity contribution in [1.82, 2.24) is 0 Å². The van der Waals surface area contributed by atoms with Crippen LogP contribution in [0.1, 0.15) is 6.92 Å².